The highest BCUT2D eigenvalue weighted by Crippen LogP contribution is 2.20. The van der Waals surface area contributed by atoms with Crippen LogP contribution in [0.5, 0.6) is 0 Å². The number of nitrogens with one attached hydrogen (secondary N) is 1. The molecule has 18 heavy (non-hydrogen) atoms. The van der Waals surface area contributed by atoms with Gasteiger partial charge in [0.05, 0.1) is 9.26 Å². The third kappa shape index (κ3) is 4.37. The van der Waals surface area contributed by atoms with Gasteiger partial charge in [-0.25, -0.2) is 4.98 Å². The fourth-order valence-corrected chi connectivity index (χ4v) is 2.57. The summed E-state index contributed by atoms with van der Waals surface area (Å²) in [6, 6.07) is 0. The Labute approximate surface area is 123 Å². The zero-order chi connectivity index (χ0) is 13.9. The van der Waals surface area contributed by atoms with Crippen LogP contribution in [0.25, 0.3) is 0 Å². The van der Waals surface area contributed by atoms with Gasteiger partial charge in [-0.2, -0.15) is 0 Å². The highest BCUT2D eigenvalue weighted by molar-refractivity contribution is 14.1. The molecule has 1 rings (SSSR count). The molecule has 0 aliphatic carbocycles. The first-order chi connectivity index (χ1) is 8.31. The number of rotatable bonds is 5. The first kappa shape index (κ1) is 15.7. The van der Waals surface area contributed by atoms with E-state index in [1.807, 2.05) is 0 Å². The summed E-state index contributed by atoms with van der Waals surface area (Å²) in [6.07, 6.45) is 1.91. The molecule has 0 radical (unpaired) electrons. The summed E-state index contributed by atoms with van der Waals surface area (Å²) in [7, 11) is 0. The number of nitrogens with zero attached hydrogens (tertiary/aromatic N) is 1. The fourth-order valence-electron chi connectivity index (χ4n) is 2.10. The minimum absolute atomic E-state index is 0.00635. The van der Waals surface area contributed by atoms with Crippen LogP contribution in [0, 0.1) is 15.4 Å². The predicted octanol–water partition coefficient (Wildman–Crippen LogP) is 3.72. The van der Waals surface area contributed by atoms with Crippen LogP contribution in [0.3, 0.4) is 0 Å². The molecule has 0 aliphatic heterocycles. The standard InChI is InChI=1S/C14H23IN2O/c1-8(2)6-10(5)13-16-11(7-9(3)4)12(15)14(18)17-13/h8-10H,6-7H2,1-5H3,(H,16,17,18). The van der Waals surface area contributed by atoms with Gasteiger partial charge in [-0.3, -0.25) is 4.79 Å². The number of halogens is 1. The summed E-state index contributed by atoms with van der Waals surface area (Å²) < 4.78 is 0.738. The molecule has 102 valence electrons. The number of hydrogen-bond donors (Lipinski definition) is 1. The average molecular weight is 362 g/mol. The van der Waals surface area contributed by atoms with Crippen molar-refractivity contribution in [1.29, 1.82) is 0 Å². The van der Waals surface area contributed by atoms with Gasteiger partial charge in [0.15, 0.2) is 0 Å². The lowest BCUT2D eigenvalue weighted by Crippen LogP contribution is -2.20. The number of hydrogen-bond acceptors (Lipinski definition) is 2. The molecule has 0 saturated heterocycles. The summed E-state index contributed by atoms with van der Waals surface area (Å²) in [5.41, 5.74) is 0.951. The molecule has 1 unspecified atom stereocenters. The van der Waals surface area contributed by atoms with Crippen molar-refractivity contribution in [2.24, 2.45) is 11.8 Å². The first-order valence-corrected chi connectivity index (χ1v) is 7.67. The Bertz CT molecular complexity index is 452. The largest absolute Gasteiger partial charge is 0.309 e. The fraction of sp³-hybridized carbons (Fsp3) is 0.714. The Morgan fingerprint density at radius 2 is 1.78 bits per heavy atom. The van der Waals surface area contributed by atoms with Crippen LogP contribution < -0.4 is 5.56 Å². The smallest absolute Gasteiger partial charge is 0.264 e. The lowest BCUT2D eigenvalue weighted by molar-refractivity contribution is 0.502. The van der Waals surface area contributed by atoms with Crippen LogP contribution in [-0.4, -0.2) is 9.97 Å². The summed E-state index contributed by atoms with van der Waals surface area (Å²) in [5, 5.41) is 0. The molecule has 1 heterocycles. The van der Waals surface area contributed by atoms with Gasteiger partial charge in [-0.05, 0) is 47.3 Å². The Hall–Kier alpha value is -0.390. The van der Waals surface area contributed by atoms with Gasteiger partial charge in [0.25, 0.3) is 5.56 Å². The van der Waals surface area contributed by atoms with Gasteiger partial charge >= 0.3 is 0 Å². The molecule has 1 N–H and O–H groups in total. The van der Waals surface area contributed by atoms with E-state index in [9.17, 15) is 4.79 Å². The van der Waals surface area contributed by atoms with E-state index < -0.39 is 0 Å². The van der Waals surface area contributed by atoms with E-state index >= 15 is 0 Å². The van der Waals surface area contributed by atoms with Crippen molar-refractivity contribution < 1.29 is 0 Å². The zero-order valence-electron chi connectivity index (χ0n) is 11.9. The topological polar surface area (TPSA) is 45.8 Å². The van der Waals surface area contributed by atoms with Gasteiger partial charge in [0.1, 0.15) is 5.82 Å². The average Bonchev–Trinajstić information content (AvgIpc) is 2.22. The summed E-state index contributed by atoms with van der Waals surface area (Å²) in [4.78, 5) is 19.5. The van der Waals surface area contributed by atoms with Crippen LogP contribution in [0.15, 0.2) is 4.79 Å². The van der Waals surface area contributed by atoms with Gasteiger partial charge in [0, 0.05) is 5.92 Å². The third-order valence-corrected chi connectivity index (χ3v) is 3.96. The molecule has 0 saturated carbocycles. The van der Waals surface area contributed by atoms with Crippen LogP contribution >= 0.6 is 22.6 Å². The van der Waals surface area contributed by atoms with Gasteiger partial charge < -0.3 is 4.98 Å². The molecule has 4 heteroatoms. The first-order valence-electron chi connectivity index (χ1n) is 6.59. The SMILES string of the molecule is CC(C)Cc1nc(C(C)CC(C)C)[nH]c(=O)c1I. The minimum Gasteiger partial charge on any atom is -0.309 e. The molecule has 1 atom stereocenters. The molecule has 3 nitrogen and oxygen atoms in total. The molecule has 0 amide bonds. The van der Waals surface area contributed by atoms with Crippen molar-refractivity contribution in [2.45, 2.75) is 53.4 Å². The highest BCUT2D eigenvalue weighted by atomic mass is 127. The maximum Gasteiger partial charge on any atom is 0.264 e. The van der Waals surface area contributed by atoms with E-state index in [4.69, 9.17) is 0 Å². The third-order valence-electron chi connectivity index (χ3n) is 2.84. The molecule has 0 aromatic carbocycles. The normalized spacial score (nSPS) is 13.3. The van der Waals surface area contributed by atoms with Crippen molar-refractivity contribution in [2.75, 3.05) is 0 Å². The van der Waals surface area contributed by atoms with Gasteiger partial charge in [-0.1, -0.05) is 34.6 Å². The Morgan fingerprint density at radius 3 is 2.28 bits per heavy atom. The number of aromatic amines is 1. The molecule has 1 aromatic heterocycles. The van der Waals surface area contributed by atoms with E-state index in [2.05, 4.69) is 67.2 Å². The second-order valence-electron chi connectivity index (χ2n) is 5.84. The molecule has 1 aromatic rings. The van der Waals surface area contributed by atoms with Crippen molar-refractivity contribution in [1.82, 2.24) is 9.97 Å². The molecule has 0 aliphatic rings. The van der Waals surface area contributed by atoms with Crippen LogP contribution in [0.1, 0.15) is 58.5 Å². The summed E-state index contributed by atoms with van der Waals surface area (Å²) in [6.45, 7) is 10.8. The highest BCUT2D eigenvalue weighted by Gasteiger charge is 2.15. The van der Waals surface area contributed by atoms with Crippen molar-refractivity contribution in [3.05, 3.63) is 25.4 Å². The van der Waals surface area contributed by atoms with E-state index in [1.54, 1.807) is 0 Å². The van der Waals surface area contributed by atoms with Crippen molar-refractivity contribution in [3.63, 3.8) is 0 Å². The zero-order valence-corrected chi connectivity index (χ0v) is 14.0. The maximum atomic E-state index is 11.9. The monoisotopic (exact) mass is 362 g/mol. The second-order valence-corrected chi connectivity index (χ2v) is 6.92. The minimum atomic E-state index is 0.00635. The van der Waals surface area contributed by atoms with Crippen LogP contribution in [0.4, 0.5) is 0 Å². The van der Waals surface area contributed by atoms with Gasteiger partial charge in [-0.15, -0.1) is 0 Å². The van der Waals surface area contributed by atoms with Crippen molar-refractivity contribution in [3.8, 4) is 0 Å². The van der Waals surface area contributed by atoms with E-state index in [-0.39, 0.29) is 5.56 Å². The van der Waals surface area contributed by atoms with E-state index in [0.29, 0.717) is 17.8 Å². The Morgan fingerprint density at radius 1 is 1.17 bits per heavy atom. The summed E-state index contributed by atoms with van der Waals surface area (Å²) >= 11 is 2.10. The van der Waals surface area contributed by atoms with E-state index in [1.165, 1.54) is 0 Å². The van der Waals surface area contributed by atoms with Crippen LogP contribution in [0.2, 0.25) is 0 Å². The maximum absolute atomic E-state index is 11.9. The van der Waals surface area contributed by atoms with Crippen LogP contribution in [-0.2, 0) is 6.42 Å². The lowest BCUT2D eigenvalue weighted by Gasteiger charge is -2.15. The van der Waals surface area contributed by atoms with E-state index in [0.717, 1.165) is 27.9 Å². The summed E-state index contributed by atoms with van der Waals surface area (Å²) in [5.74, 6) is 2.27. The van der Waals surface area contributed by atoms with Crippen molar-refractivity contribution >= 4 is 22.6 Å². The Kier molecular flexibility index (Phi) is 5.82. The van der Waals surface area contributed by atoms with Gasteiger partial charge in [0.2, 0.25) is 0 Å². The quantitative estimate of drug-likeness (QED) is 0.812. The Balaban J connectivity index is 3.07. The molecule has 0 fully saturated rings. The molecular weight excluding hydrogens is 339 g/mol. The lowest BCUT2D eigenvalue weighted by atomic mass is 9.98. The number of H-pyrrole nitrogens is 1. The second kappa shape index (κ2) is 6.68. The predicted molar refractivity (Wildman–Crippen MR) is 84.0 cm³/mol. The molecular formula is C14H23IN2O. The molecule has 0 bridgehead atoms. The number of aromatic nitrogens is 2. The molecule has 0 spiro atoms.